The van der Waals surface area contributed by atoms with Crippen LogP contribution in [-0.4, -0.2) is 16.4 Å². The second-order valence-corrected chi connectivity index (χ2v) is 6.64. The highest BCUT2D eigenvalue weighted by Gasteiger charge is 2.27. The lowest BCUT2D eigenvalue weighted by Gasteiger charge is -2.21. The summed E-state index contributed by atoms with van der Waals surface area (Å²) < 4.78 is 13.6. The number of anilines is 1. The molecule has 4 nitrogen and oxygen atoms in total. The van der Waals surface area contributed by atoms with Gasteiger partial charge in [0.05, 0.1) is 5.54 Å². The fourth-order valence-electron chi connectivity index (χ4n) is 2.15. The van der Waals surface area contributed by atoms with Gasteiger partial charge in [-0.1, -0.05) is 31.5 Å². The van der Waals surface area contributed by atoms with E-state index in [2.05, 4.69) is 10.3 Å². The summed E-state index contributed by atoms with van der Waals surface area (Å²) in [5.41, 5.74) is 5.68. The summed E-state index contributed by atoms with van der Waals surface area (Å²) in [7, 11) is 0. The number of benzene rings is 1. The van der Waals surface area contributed by atoms with Crippen molar-refractivity contribution in [2.75, 3.05) is 5.32 Å². The lowest BCUT2D eigenvalue weighted by atomic mass is 9.97. The molecular formula is C16H20FN3OS. The molecular weight excluding hydrogens is 301 g/mol. The summed E-state index contributed by atoms with van der Waals surface area (Å²) in [5.74, 6) is -0.486. The van der Waals surface area contributed by atoms with Crippen LogP contribution in [0.5, 0.6) is 0 Å². The summed E-state index contributed by atoms with van der Waals surface area (Å²) in [4.78, 5) is 17.2. The molecule has 1 amide bonds. The van der Waals surface area contributed by atoms with Gasteiger partial charge in [0.1, 0.15) is 5.82 Å². The van der Waals surface area contributed by atoms with Crippen LogP contribution in [0, 0.1) is 5.82 Å². The second kappa shape index (κ2) is 6.98. The smallest absolute Gasteiger partial charge is 0.245 e. The molecule has 0 saturated carbocycles. The first-order chi connectivity index (χ1) is 10.4. The Kier molecular flexibility index (Phi) is 5.26. The zero-order valence-electron chi connectivity index (χ0n) is 12.7. The van der Waals surface area contributed by atoms with E-state index < -0.39 is 5.54 Å². The van der Waals surface area contributed by atoms with Crippen molar-refractivity contribution in [1.29, 1.82) is 0 Å². The van der Waals surface area contributed by atoms with Gasteiger partial charge in [-0.05, 0) is 25.0 Å². The first-order valence-corrected chi connectivity index (χ1v) is 8.02. The third kappa shape index (κ3) is 4.11. The van der Waals surface area contributed by atoms with Gasteiger partial charge >= 0.3 is 0 Å². The number of carbonyl (C=O) groups is 1. The predicted molar refractivity (Wildman–Crippen MR) is 87.5 cm³/mol. The molecule has 0 aliphatic carbocycles. The third-order valence-corrected chi connectivity index (χ3v) is 4.30. The van der Waals surface area contributed by atoms with Gasteiger partial charge in [-0.15, -0.1) is 11.3 Å². The highest BCUT2D eigenvalue weighted by Crippen LogP contribution is 2.23. The number of carbonyl (C=O) groups excluding carboxylic acids is 1. The summed E-state index contributed by atoms with van der Waals surface area (Å²) >= 11 is 1.33. The number of hydrogen-bond acceptors (Lipinski definition) is 4. The molecule has 1 aromatic carbocycles. The lowest BCUT2D eigenvalue weighted by Crippen LogP contribution is -2.48. The van der Waals surface area contributed by atoms with E-state index >= 15 is 0 Å². The molecule has 1 unspecified atom stereocenters. The van der Waals surface area contributed by atoms with Gasteiger partial charge in [0, 0.05) is 17.5 Å². The first-order valence-electron chi connectivity index (χ1n) is 7.21. The molecule has 0 radical (unpaired) electrons. The summed E-state index contributed by atoms with van der Waals surface area (Å²) in [5, 5.41) is 3.23. The van der Waals surface area contributed by atoms with E-state index in [0.29, 0.717) is 23.5 Å². The highest BCUT2D eigenvalue weighted by molar-refractivity contribution is 7.15. The Labute approximate surface area is 133 Å². The van der Waals surface area contributed by atoms with E-state index in [1.807, 2.05) is 6.92 Å². The number of hydrogen-bond donors (Lipinski definition) is 2. The zero-order valence-corrected chi connectivity index (χ0v) is 13.5. The van der Waals surface area contributed by atoms with Crippen molar-refractivity contribution in [1.82, 2.24) is 4.98 Å². The average Bonchev–Trinajstić information content (AvgIpc) is 2.88. The maximum Gasteiger partial charge on any atom is 0.245 e. The van der Waals surface area contributed by atoms with Gasteiger partial charge in [0.15, 0.2) is 5.13 Å². The number of nitrogens with two attached hydrogens (primary N) is 1. The van der Waals surface area contributed by atoms with Gasteiger partial charge < -0.3 is 11.1 Å². The van der Waals surface area contributed by atoms with Crippen molar-refractivity contribution < 1.29 is 9.18 Å². The van der Waals surface area contributed by atoms with Crippen LogP contribution >= 0.6 is 11.3 Å². The van der Waals surface area contributed by atoms with E-state index in [0.717, 1.165) is 11.3 Å². The van der Waals surface area contributed by atoms with E-state index in [4.69, 9.17) is 5.73 Å². The fraction of sp³-hybridized carbons (Fsp3) is 0.375. The molecule has 22 heavy (non-hydrogen) atoms. The van der Waals surface area contributed by atoms with Gasteiger partial charge in [-0.25, -0.2) is 9.37 Å². The zero-order chi connectivity index (χ0) is 16.2. The van der Waals surface area contributed by atoms with Crippen molar-refractivity contribution in [3.05, 3.63) is 46.7 Å². The number of nitrogens with zero attached hydrogens (tertiary/aromatic N) is 1. The summed E-state index contributed by atoms with van der Waals surface area (Å²) in [6.07, 6.45) is 3.54. The third-order valence-electron chi connectivity index (χ3n) is 3.38. The minimum atomic E-state index is -0.911. The lowest BCUT2D eigenvalue weighted by molar-refractivity contribution is -0.120. The molecule has 0 saturated heterocycles. The van der Waals surface area contributed by atoms with Crippen molar-refractivity contribution in [2.45, 2.75) is 38.6 Å². The monoisotopic (exact) mass is 321 g/mol. The number of aromatic nitrogens is 1. The van der Waals surface area contributed by atoms with Crippen LogP contribution in [-0.2, 0) is 11.2 Å². The van der Waals surface area contributed by atoms with Crippen molar-refractivity contribution in [3.8, 4) is 0 Å². The maximum absolute atomic E-state index is 13.6. The van der Waals surface area contributed by atoms with Crippen LogP contribution < -0.4 is 11.1 Å². The molecule has 3 N–H and O–H groups in total. The topological polar surface area (TPSA) is 68.0 Å². The largest absolute Gasteiger partial charge is 0.318 e. The van der Waals surface area contributed by atoms with Crippen LogP contribution in [0.4, 0.5) is 9.52 Å². The van der Waals surface area contributed by atoms with Crippen LogP contribution in [0.25, 0.3) is 0 Å². The highest BCUT2D eigenvalue weighted by atomic mass is 32.1. The van der Waals surface area contributed by atoms with Gasteiger partial charge in [-0.3, -0.25) is 4.79 Å². The molecule has 0 spiro atoms. The normalized spacial score (nSPS) is 13.6. The van der Waals surface area contributed by atoms with Crippen LogP contribution in [0.2, 0.25) is 0 Å². The van der Waals surface area contributed by atoms with E-state index in [1.165, 1.54) is 17.4 Å². The molecule has 118 valence electrons. The fourth-order valence-corrected chi connectivity index (χ4v) is 2.98. The van der Waals surface area contributed by atoms with Crippen LogP contribution in [0.3, 0.4) is 0 Å². The quantitative estimate of drug-likeness (QED) is 0.857. The van der Waals surface area contributed by atoms with Crippen molar-refractivity contribution in [2.24, 2.45) is 5.73 Å². The van der Waals surface area contributed by atoms with E-state index in [1.54, 1.807) is 31.3 Å². The van der Waals surface area contributed by atoms with E-state index in [-0.39, 0.29) is 11.7 Å². The molecule has 1 aromatic heterocycles. The molecule has 1 atom stereocenters. The maximum atomic E-state index is 13.6. The molecule has 0 aliphatic rings. The molecule has 6 heteroatoms. The second-order valence-electron chi connectivity index (χ2n) is 5.52. The molecule has 1 heterocycles. The van der Waals surface area contributed by atoms with Crippen LogP contribution in [0.15, 0.2) is 30.5 Å². The average molecular weight is 321 g/mol. The molecule has 0 bridgehead atoms. The Balaban J connectivity index is 2.03. The Hall–Kier alpha value is -1.79. The minimum Gasteiger partial charge on any atom is -0.318 e. The molecule has 2 rings (SSSR count). The Morgan fingerprint density at radius 3 is 2.86 bits per heavy atom. The number of rotatable bonds is 6. The number of nitrogens with one attached hydrogen (secondary N) is 1. The Morgan fingerprint density at radius 1 is 1.45 bits per heavy atom. The number of amides is 1. The van der Waals surface area contributed by atoms with Crippen molar-refractivity contribution in [3.63, 3.8) is 0 Å². The SMILES string of the molecule is CCCC(C)(N)C(=O)Nc1ncc(Cc2ccccc2F)s1. The van der Waals surface area contributed by atoms with Gasteiger partial charge in [0.2, 0.25) is 5.91 Å². The van der Waals surface area contributed by atoms with E-state index in [9.17, 15) is 9.18 Å². The van der Waals surface area contributed by atoms with Gasteiger partial charge in [0.25, 0.3) is 0 Å². The number of thiazole rings is 1. The minimum absolute atomic E-state index is 0.237. The molecule has 0 fully saturated rings. The molecule has 2 aromatic rings. The number of halogens is 1. The predicted octanol–water partition coefficient (Wildman–Crippen LogP) is 3.33. The Bertz CT molecular complexity index is 654. The first kappa shape index (κ1) is 16.6. The standard InChI is InChI=1S/C16H20FN3OS/c1-3-8-16(2,18)14(21)20-15-19-10-12(22-15)9-11-6-4-5-7-13(11)17/h4-7,10H,3,8-9,18H2,1-2H3,(H,19,20,21). The Morgan fingerprint density at radius 2 is 2.18 bits per heavy atom. The van der Waals surface area contributed by atoms with Crippen LogP contribution in [0.1, 0.15) is 37.1 Å². The van der Waals surface area contributed by atoms with Gasteiger partial charge in [-0.2, -0.15) is 0 Å². The summed E-state index contributed by atoms with van der Waals surface area (Å²) in [6.45, 7) is 3.69. The summed E-state index contributed by atoms with van der Waals surface area (Å²) in [6, 6.07) is 6.63. The van der Waals surface area contributed by atoms with Crippen molar-refractivity contribution >= 4 is 22.4 Å². The molecule has 0 aliphatic heterocycles.